The van der Waals surface area contributed by atoms with Crippen LogP contribution in [0.2, 0.25) is 10.0 Å². The fraction of sp³-hybridized carbons (Fsp3) is 0.250. The molecule has 2 N–H and O–H groups in total. The van der Waals surface area contributed by atoms with Gasteiger partial charge in [-0.2, -0.15) is 0 Å². The highest BCUT2D eigenvalue weighted by atomic mass is 35.5. The minimum Gasteiger partial charge on any atom is -0.495 e. The number of hydrogen-bond donors (Lipinski definition) is 2. The summed E-state index contributed by atoms with van der Waals surface area (Å²) in [5.74, 6) is -1.16. The molecule has 7 nitrogen and oxygen atoms in total. The van der Waals surface area contributed by atoms with Crippen LogP contribution < -0.4 is 20.5 Å². The van der Waals surface area contributed by atoms with Crippen LogP contribution in [0.3, 0.4) is 0 Å². The molecule has 1 unspecified atom stereocenters. The molecule has 0 aromatic heterocycles. The lowest BCUT2D eigenvalue weighted by molar-refractivity contribution is -0.131. The van der Waals surface area contributed by atoms with Gasteiger partial charge in [-0.15, -0.1) is 0 Å². The molecule has 0 radical (unpaired) electrons. The first kappa shape index (κ1) is 21.0. The van der Waals surface area contributed by atoms with Gasteiger partial charge in [-0.1, -0.05) is 35.3 Å². The molecule has 29 heavy (non-hydrogen) atoms. The summed E-state index contributed by atoms with van der Waals surface area (Å²) in [7, 11) is 1.49. The number of methoxy groups -OCH3 is 1. The second-order valence-electron chi connectivity index (χ2n) is 6.56. The van der Waals surface area contributed by atoms with Gasteiger partial charge in [0.2, 0.25) is 17.7 Å². The number of hydrogen-bond acceptors (Lipinski definition) is 4. The van der Waals surface area contributed by atoms with Crippen molar-refractivity contribution in [2.45, 2.75) is 12.8 Å². The lowest BCUT2D eigenvalue weighted by Gasteiger charge is -2.20. The molecule has 0 spiro atoms. The van der Waals surface area contributed by atoms with E-state index in [1.165, 1.54) is 12.0 Å². The van der Waals surface area contributed by atoms with E-state index in [4.69, 9.17) is 27.9 Å². The second-order valence-corrected chi connectivity index (χ2v) is 7.44. The summed E-state index contributed by atoms with van der Waals surface area (Å²) in [5.41, 5.74) is 6.03. The number of rotatable bonds is 5. The van der Waals surface area contributed by atoms with Crippen LogP contribution in [0.1, 0.15) is 12.0 Å². The van der Waals surface area contributed by atoms with Gasteiger partial charge < -0.3 is 9.64 Å². The third-order valence-electron chi connectivity index (χ3n) is 4.53. The molecule has 0 saturated carbocycles. The van der Waals surface area contributed by atoms with Crippen LogP contribution in [-0.2, 0) is 20.8 Å². The molecule has 3 rings (SSSR count). The number of nitrogens with zero attached hydrogens (tertiary/aromatic N) is 1. The molecule has 1 atom stereocenters. The van der Waals surface area contributed by atoms with Gasteiger partial charge in [-0.05, 0) is 35.9 Å². The molecule has 1 heterocycles. The number of anilines is 1. The Hall–Kier alpha value is -2.77. The minimum atomic E-state index is -0.609. The summed E-state index contributed by atoms with van der Waals surface area (Å²) in [5, 5.41) is 1.03. The lowest BCUT2D eigenvalue weighted by atomic mass is 10.1. The molecule has 0 bridgehead atoms. The number of nitrogens with one attached hydrogen (secondary N) is 2. The third kappa shape index (κ3) is 5.19. The lowest BCUT2D eigenvalue weighted by Crippen LogP contribution is -2.45. The summed E-state index contributed by atoms with van der Waals surface area (Å²) in [6.07, 6.45) is 0.113. The molecule has 1 saturated heterocycles. The Kier molecular flexibility index (Phi) is 6.61. The first-order valence-electron chi connectivity index (χ1n) is 8.84. The van der Waals surface area contributed by atoms with Gasteiger partial charge in [0, 0.05) is 23.0 Å². The standard InChI is InChI=1S/C20H19Cl2N3O4/c1-29-17-7-6-15(22)10-16(17)25-11-13(9-19(25)27)20(28)24-23-18(26)8-12-2-4-14(21)5-3-12/h2-7,10,13H,8-9,11H2,1H3,(H,23,26)(H,24,28). The summed E-state index contributed by atoms with van der Waals surface area (Å²) in [4.78, 5) is 38.3. The summed E-state index contributed by atoms with van der Waals surface area (Å²) >= 11 is 11.8. The van der Waals surface area contributed by atoms with E-state index in [0.29, 0.717) is 21.5 Å². The van der Waals surface area contributed by atoms with Crippen molar-refractivity contribution in [3.8, 4) is 5.75 Å². The van der Waals surface area contributed by atoms with Crippen molar-refractivity contribution < 1.29 is 19.1 Å². The molecular weight excluding hydrogens is 417 g/mol. The number of carbonyl (C=O) groups excluding carboxylic acids is 3. The zero-order valence-electron chi connectivity index (χ0n) is 15.6. The van der Waals surface area contributed by atoms with Crippen LogP contribution in [0.5, 0.6) is 5.75 Å². The number of ether oxygens (including phenoxy) is 1. The van der Waals surface area contributed by atoms with Gasteiger partial charge in [0.05, 0.1) is 25.1 Å². The number of hydrazine groups is 1. The van der Waals surface area contributed by atoms with Crippen LogP contribution in [0.15, 0.2) is 42.5 Å². The predicted octanol–water partition coefficient (Wildman–Crippen LogP) is 2.75. The Balaban J connectivity index is 1.57. The number of carbonyl (C=O) groups is 3. The zero-order chi connectivity index (χ0) is 21.0. The molecule has 1 fully saturated rings. The van der Waals surface area contributed by atoms with E-state index in [-0.39, 0.29) is 31.2 Å². The predicted molar refractivity (Wildman–Crippen MR) is 110 cm³/mol. The molecule has 1 aliphatic rings. The minimum absolute atomic E-state index is 0.0224. The van der Waals surface area contributed by atoms with Crippen molar-refractivity contribution in [2.75, 3.05) is 18.6 Å². The molecule has 9 heteroatoms. The first-order valence-corrected chi connectivity index (χ1v) is 9.60. The Morgan fingerprint density at radius 1 is 1.10 bits per heavy atom. The maximum absolute atomic E-state index is 12.4. The number of amides is 3. The topological polar surface area (TPSA) is 87.7 Å². The highest BCUT2D eigenvalue weighted by Crippen LogP contribution is 2.35. The first-order chi connectivity index (χ1) is 13.9. The smallest absolute Gasteiger partial charge is 0.243 e. The number of halogens is 2. The largest absolute Gasteiger partial charge is 0.495 e. The number of benzene rings is 2. The van der Waals surface area contributed by atoms with Crippen LogP contribution >= 0.6 is 23.2 Å². The van der Waals surface area contributed by atoms with E-state index < -0.39 is 11.8 Å². The van der Waals surface area contributed by atoms with E-state index in [2.05, 4.69) is 10.9 Å². The summed E-state index contributed by atoms with van der Waals surface area (Å²) < 4.78 is 5.28. The highest BCUT2D eigenvalue weighted by Gasteiger charge is 2.36. The van der Waals surface area contributed by atoms with Crippen molar-refractivity contribution >= 4 is 46.6 Å². The van der Waals surface area contributed by atoms with Gasteiger partial charge in [0.1, 0.15) is 5.75 Å². The van der Waals surface area contributed by atoms with Crippen molar-refractivity contribution in [3.63, 3.8) is 0 Å². The molecule has 1 aliphatic heterocycles. The Morgan fingerprint density at radius 3 is 2.48 bits per heavy atom. The van der Waals surface area contributed by atoms with Gasteiger partial charge in [-0.3, -0.25) is 25.2 Å². The molecule has 2 aromatic rings. The molecule has 0 aliphatic carbocycles. The van der Waals surface area contributed by atoms with Crippen LogP contribution in [-0.4, -0.2) is 31.4 Å². The van der Waals surface area contributed by atoms with Gasteiger partial charge in [0.25, 0.3) is 0 Å². The van der Waals surface area contributed by atoms with E-state index >= 15 is 0 Å². The maximum Gasteiger partial charge on any atom is 0.243 e. The van der Waals surface area contributed by atoms with E-state index in [0.717, 1.165) is 5.56 Å². The molecular formula is C20H19Cl2N3O4. The van der Waals surface area contributed by atoms with E-state index in [1.54, 1.807) is 42.5 Å². The zero-order valence-corrected chi connectivity index (χ0v) is 17.1. The van der Waals surface area contributed by atoms with E-state index in [9.17, 15) is 14.4 Å². The third-order valence-corrected chi connectivity index (χ3v) is 5.02. The maximum atomic E-state index is 12.4. The SMILES string of the molecule is COc1ccc(Cl)cc1N1CC(C(=O)NNC(=O)Cc2ccc(Cl)cc2)CC1=O. The average molecular weight is 436 g/mol. The van der Waals surface area contributed by atoms with Crippen molar-refractivity contribution in [3.05, 3.63) is 58.1 Å². The van der Waals surface area contributed by atoms with Crippen LogP contribution in [0.25, 0.3) is 0 Å². The van der Waals surface area contributed by atoms with Gasteiger partial charge in [-0.25, -0.2) is 0 Å². The van der Waals surface area contributed by atoms with Crippen LogP contribution in [0, 0.1) is 5.92 Å². The fourth-order valence-electron chi connectivity index (χ4n) is 3.06. The van der Waals surface area contributed by atoms with Gasteiger partial charge in [0.15, 0.2) is 0 Å². The average Bonchev–Trinajstić information content (AvgIpc) is 3.09. The molecule has 152 valence electrons. The Labute approximate surface area is 177 Å². The van der Waals surface area contributed by atoms with Crippen molar-refractivity contribution in [1.29, 1.82) is 0 Å². The van der Waals surface area contributed by atoms with Crippen molar-refractivity contribution in [2.24, 2.45) is 5.92 Å². The summed E-state index contributed by atoms with van der Waals surface area (Å²) in [6.45, 7) is 0.161. The quantitative estimate of drug-likeness (QED) is 0.706. The highest BCUT2D eigenvalue weighted by molar-refractivity contribution is 6.31. The van der Waals surface area contributed by atoms with Gasteiger partial charge >= 0.3 is 0 Å². The Morgan fingerprint density at radius 2 is 1.79 bits per heavy atom. The van der Waals surface area contributed by atoms with Crippen LogP contribution in [0.4, 0.5) is 5.69 Å². The monoisotopic (exact) mass is 435 g/mol. The molecule has 3 amide bonds. The summed E-state index contributed by atoms with van der Waals surface area (Å²) in [6, 6.07) is 11.8. The van der Waals surface area contributed by atoms with E-state index in [1.807, 2.05) is 0 Å². The fourth-order valence-corrected chi connectivity index (χ4v) is 3.35. The molecule has 2 aromatic carbocycles. The Bertz CT molecular complexity index is 934. The second kappa shape index (κ2) is 9.15. The normalized spacial score (nSPS) is 15.9. The van der Waals surface area contributed by atoms with Crippen molar-refractivity contribution in [1.82, 2.24) is 10.9 Å².